The van der Waals surface area contributed by atoms with E-state index in [1.807, 2.05) is 0 Å². The number of nitrogens with zero attached hydrogens (tertiary/aromatic N) is 1. The molecule has 9 nitrogen and oxygen atoms in total. The molecule has 0 unspecified atom stereocenters. The molecule has 0 bridgehead atoms. The summed E-state index contributed by atoms with van der Waals surface area (Å²) in [5.41, 5.74) is 1.35. The van der Waals surface area contributed by atoms with Crippen LogP contribution in [-0.4, -0.2) is 41.5 Å². The number of methoxy groups -OCH3 is 3. The molecule has 0 saturated heterocycles. The van der Waals surface area contributed by atoms with E-state index in [-0.39, 0.29) is 17.2 Å². The van der Waals surface area contributed by atoms with Crippen molar-refractivity contribution in [2.75, 3.05) is 21.3 Å². The molecule has 4 aromatic rings. The van der Waals surface area contributed by atoms with Crippen molar-refractivity contribution in [2.24, 2.45) is 0 Å². The van der Waals surface area contributed by atoms with Crippen molar-refractivity contribution in [1.29, 1.82) is 0 Å². The van der Waals surface area contributed by atoms with Crippen LogP contribution in [0.5, 0.6) is 28.7 Å². The van der Waals surface area contributed by atoms with Gasteiger partial charge in [0.1, 0.15) is 5.76 Å². The summed E-state index contributed by atoms with van der Waals surface area (Å²) in [5, 5.41) is 20.2. The molecule has 0 spiro atoms. The number of furan rings is 1. The predicted octanol–water partition coefficient (Wildman–Crippen LogP) is 3.29. The molecule has 0 aliphatic heterocycles. The van der Waals surface area contributed by atoms with Crippen molar-refractivity contribution < 1.29 is 28.8 Å². The van der Waals surface area contributed by atoms with Crippen LogP contribution in [0.2, 0.25) is 0 Å². The van der Waals surface area contributed by atoms with Gasteiger partial charge in [-0.2, -0.15) is 0 Å². The van der Waals surface area contributed by atoms with Gasteiger partial charge in [0.2, 0.25) is 11.5 Å². The molecule has 4 rings (SSSR count). The number of ether oxygens (including phenoxy) is 3. The number of fused-ring (bicyclic) bond motifs is 1. The smallest absolute Gasteiger partial charge is 0.347 e. The van der Waals surface area contributed by atoms with Crippen molar-refractivity contribution in [3.8, 4) is 51.2 Å². The zero-order valence-electron chi connectivity index (χ0n) is 16.3. The number of aromatic amines is 1. The van der Waals surface area contributed by atoms with E-state index in [9.17, 15) is 15.0 Å². The number of H-pyrrole nitrogens is 1. The fourth-order valence-corrected chi connectivity index (χ4v) is 3.29. The Morgan fingerprint density at radius 2 is 1.63 bits per heavy atom. The monoisotopic (exact) mass is 410 g/mol. The van der Waals surface area contributed by atoms with Gasteiger partial charge in [0, 0.05) is 17.3 Å². The van der Waals surface area contributed by atoms with Crippen LogP contribution < -0.4 is 19.9 Å². The van der Waals surface area contributed by atoms with Crippen molar-refractivity contribution in [2.45, 2.75) is 0 Å². The summed E-state index contributed by atoms with van der Waals surface area (Å²) in [4.78, 5) is 18.1. The molecular formula is C21H18N2O7. The third kappa shape index (κ3) is 3.06. The molecule has 2 heterocycles. The maximum atomic E-state index is 11.7. The molecule has 0 aliphatic rings. The number of hydrogen-bond acceptors (Lipinski definition) is 8. The van der Waals surface area contributed by atoms with Crippen LogP contribution in [0.15, 0.2) is 45.7 Å². The predicted molar refractivity (Wildman–Crippen MR) is 108 cm³/mol. The molecule has 0 atom stereocenters. The fraction of sp³-hybridized carbons (Fsp3) is 0.143. The van der Waals surface area contributed by atoms with E-state index in [2.05, 4.69) is 9.97 Å². The van der Waals surface area contributed by atoms with E-state index >= 15 is 0 Å². The van der Waals surface area contributed by atoms with Crippen molar-refractivity contribution in [3.05, 3.63) is 47.0 Å². The van der Waals surface area contributed by atoms with Crippen LogP contribution in [-0.2, 0) is 0 Å². The zero-order chi connectivity index (χ0) is 21.4. The third-order valence-electron chi connectivity index (χ3n) is 4.67. The van der Waals surface area contributed by atoms with E-state index in [4.69, 9.17) is 18.6 Å². The Bertz CT molecular complexity index is 1280. The summed E-state index contributed by atoms with van der Waals surface area (Å²) in [6.45, 7) is 0. The van der Waals surface area contributed by atoms with Crippen LogP contribution in [0.1, 0.15) is 0 Å². The van der Waals surface area contributed by atoms with Gasteiger partial charge in [0.15, 0.2) is 23.0 Å². The number of phenols is 2. The fourth-order valence-electron chi connectivity index (χ4n) is 3.29. The first kappa shape index (κ1) is 19.2. The molecule has 0 fully saturated rings. The minimum Gasteiger partial charge on any atom is -0.504 e. The van der Waals surface area contributed by atoms with Crippen LogP contribution in [0, 0.1) is 0 Å². The summed E-state index contributed by atoms with van der Waals surface area (Å²) in [7, 11) is 4.52. The summed E-state index contributed by atoms with van der Waals surface area (Å²) in [6.07, 6.45) is 1.40. The summed E-state index contributed by atoms with van der Waals surface area (Å²) in [6, 6.07) is 7.76. The van der Waals surface area contributed by atoms with Gasteiger partial charge < -0.3 is 28.8 Å². The first-order valence-electron chi connectivity index (χ1n) is 8.81. The largest absolute Gasteiger partial charge is 0.504 e. The first-order valence-corrected chi connectivity index (χ1v) is 8.81. The van der Waals surface area contributed by atoms with Crippen LogP contribution in [0.25, 0.3) is 33.6 Å². The number of nitrogens with one attached hydrogen (secondary N) is 1. The van der Waals surface area contributed by atoms with Crippen molar-refractivity contribution in [3.63, 3.8) is 0 Å². The molecule has 9 heteroatoms. The quantitative estimate of drug-likeness (QED) is 0.428. The molecule has 0 amide bonds. The average molecular weight is 410 g/mol. The second-order valence-corrected chi connectivity index (χ2v) is 6.35. The van der Waals surface area contributed by atoms with E-state index in [1.54, 1.807) is 18.2 Å². The number of hydrogen-bond donors (Lipinski definition) is 3. The first-order chi connectivity index (χ1) is 14.5. The van der Waals surface area contributed by atoms with E-state index in [0.29, 0.717) is 45.1 Å². The maximum absolute atomic E-state index is 11.7. The molecule has 154 valence electrons. The van der Waals surface area contributed by atoms with Crippen LogP contribution >= 0.6 is 0 Å². The summed E-state index contributed by atoms with van der Waals surface area (Å²) >= 11 is 0. The topological polar surface area (TPSA) is 127 Å². The van der Waals surface area contributed by atoms with Gasteiger partial charge in [-0.1, -0.05) is 0 Å². The van der Waals surface area contributed by atoms with Crippen LogP contribution in [0.3, 0.4) is 0 Å². The third-order valence-corrected chi connectivity index (χ3v) is 4.67. The lowest BCUT2D eigenvalue weighted by atomic mass is 9.98. The Kier molecular flexibility index (Phi) is 4.71. The van der Waals surface area contributed by atoms with E-state index < -0.39 is 5.69 Å². The SMILES string of the molecule is COc1cc(-c2c(-c3ccc(O)c(O)c3)oc3[nH]c(=O)ncc23)cc(OC)c1OC. The normalized spacial score (nSPS) is 10.9. The molecule has 2 aromatic carbocycles. The molecule has 30 heavy (non-hydrogen) atoms. The number of aromatic nitrogens is 2. The highest BCUT2D eigenvalue weighted by Gasteiger charge is 2.23. The van der Waals surface area contributed by atoms with Gasteiger partial charge >= 0.3 is 5.69 Å². The van der Waals surface area contributed by atoms with Gasteiger partial charge in [-0.05, 0) is 35.9 Å². The summed E-state index contributed by atoms with van der Waals surface area (Å²) in [5.74, 6) is 1.05. The van der Waals surface area contributed by atoms with E-state index in [1.165, 1.54) is 39.7 Å². The minimum absolute atomic E-state index is 0.210. The van der Waals surface area contributed by atoms with Crippen molar-refractivity contribution >= 4 is 11.1 Å². The molecular weight excluding hydrogens is 392 g/mol. The second-order valence-electron chi connectivity index (χ2n) is 6.35. The van der Waals surface area contributed by atoms with Gasteiger partial charge in [-0.15, -0.1) is 0 Å². The Balaban J connectivity index is 2.07. The lowest BCUT2D eigenvalue weighted by Crippen LogP contribution is -2.07. The molecule has 2 aromatic heterocycles. The minimum atomic E-state index is -0.562. The van der Waals surface area contributed by atoms with Gasteiger partial charge in [-0.25, -0.2) is 9.78 Å². The van der Waals surface area contributed by atoms with Gasteiger partial charge in [0.25, 0.3) is 0 Å². The number of aromatic hydroxyl groups is 2. The number of benzene rings is 2. The molecule has 0 radical (unpaired) electrons. The molecule has 3 N–H and O–H groups in total. The Morgan fingerprint density at radius 3 is 2.23 bits per heavy atom. The lowest BCUT2D eigenvalue weighted by Gasteiger charge is -2.14. The van der Waals surface area contributed by atoms with Gasteiger partial charge in [-0.3, -0.25) is 4.98 Å². The Hall–Kier alpha value is -4.14. The maximum Gasteiger partial charge on any atom is 0.347 e. The highest BCUT2D eigenvalue weighted by Crippen LogP contribution is 2.46. The van der Waals surface area contributed by atoms with Crippen LogP contribution in [0.4, 0.5) is 0 Å². The standard InChI is InChI=1S/C21H18N2O7/c1-27-15-7-11(8-16(28-2)19(15)29-3)17-12-9-22-21(26)23-20(12)30-18(17)10-4-5-13(24)14(25)6-10/h4-9,24-25H,1-3H3,(H,22,23,26). The Labute approximate surface area is 170 Å². The average Bonchev–Trinajstić information content (AvgIpc) is 3.12. The Morgan fingerprint density at radius 1 is 0.933 bits per heavy atom. The second kappa shape index (κ2) is 7.36. The summed E-state index contributed by atoms with van der Waals surface area (Å²) < 4.78 is 22.2. The highest BCUT2D eigenvalue weighted by molar-refractivity contribution is 6.00. The lowest BCUT2D eigenvalue weighted by molar-refractivity contribution is 0.324. The molecule has 0 saturated carbocycles. The number of rotatable bonds is 5. The van der Waals surface area contributed by atoms with Gasteiger partial charge in [0.05, 0.1) is 26.7 Å². The van der Waals surface area contributed by atoms with E-state index in [0.717, 1.165) is 0 Å². The molecule has 0 aliphatic carbocycles. The number of phenolic OH excluding ortho intramolecular Hbond substituents is 2. The zero-order valence-corrected chi connectivity index (χ0v) is 16.3. The van der Waals surface area contributed by atoms with Crippen molar-refractivity contribution in [1.82, 2.24) is 9.97 Å². The highest BCUT2D eigenvalue weighted by atomic mass is 16.5.